The highest BCUT2D eigenvalue weighted by atomic mass is 16.3. The van der Waals surface area contributed by atoms with Gasteiger partial charge in [-0.05, 0) is 31.5 Å². The lowest BCUT2D eigenvalue weighted by molar-refractivity contribution is 0.362. The molecule has 0 aromatic heterocycles. The Labute approximate surface area is 94.3 Å². The molecule has 5 heteroatoms. The third kappa shape index (κ3) is 2.77. The Morgan fingerprint density at radius 2 is 1.75 bits per heavy atom. The fraction of sp³-hybridized carbons (Fsp3) is 0.455. The zero-order chi connectivity index (χ0) is 12.1. The van der Waals surface area contributed by atoms with Gasteiger partial charge in [-0.3, -0.25) is 0 Å². The number of phenols is 3. The lowest BCUT2D eigenvalue weighted by atomic mass is 10.0. The molecule has 16 heavy (non-hydrogen) atoms. The molecule has 0 aliphatic heterocycles. The van der Waals surface area contributed by atoms with Crippen molar-refractivity contribution in [3.8, 4) is 17.2 Å². The van der Waals surface area contributed by atoms with Crippen molar-refractivity contribution in [2.24, 2.45) is 11.5 Å². The predicted octanol–water partition coefficient (Wildman–Crippen LogP) is 0.932. The molecule has 1 aromatic carbocycles. The van der Waals surface area contributed by atoms with Crippen molar-refractivity contribution in [3.05, 3.63) is 17.7 Å². The molecule has 0 bridgehead atoms. The van der Waals surface area contributed by atoms with Gasteiger partial charge in [0, 0.05) is 11.6 Å². The highest BCUT2D eigenvalue weighted by Gasteiger charge is 2.16. The van der Waals surface area contributed by atoms with Crippen molar-refractivity contribution in [2.45, 2.75) is 25.3 Å². The number of aromatic hydroxyl groups is 3. The highest BCUT2D eigenvalue weighted by Crippen LogP contribution is 2.39. The number of phenolic OH excluding ortho intramolecular Hbond substituents is 3. The lowest BCUT2D eigenvalue weighted by Gasteiger charge is -2.14. The molecule has 1 atom stereocenters. The van der Waals surface area contributed by atoms with Crippen LogP contribution in [0.1, 0.15) is 30.9 Å². The number of benzene rings is 1. The summed E-state index contributed by atoms with van der Waals surface area (Å²) in [5, 5.41) is 28.1. The van der Waals surface area contributed by atoms with Gasteiger partial charge in [0.2, 0.25) is 5.75 Å². The van der Waals surface area contributed by atoms with Crippen molar-refractivity contribution in [1.82, 2.24) is 0 Å². The summed E-state index contributed by atoms with van der Waals surface area (Å²) in [6.45, 7) is 0.611. The van der Waals surface area contributed by atoms with Gasteiger partial charge in [0.25, 0.3) is 0 Å². The van der Waals surface area contributed by atoms with Crippen LogP contribution >= 0.6 is 0 Å². The summed E-state index contributed by atoms with van der Waals surface area (Å²) in [5.41, 5.74) is 11.7. The number of unbranched alkanes of at least 4 members (excludes halogenated alkanes) is 1. The summed E-state index contributed by atoms with van der Waals surface area (Å²) in [7, 11) is 0. The van der Waals surface area contributed by atoms with E-state index in [1.165, 1.54) is 12.1 Å². The molecule has 90 valence electrons. The predicted molar refractivity (Wildman–Crippen MR) is 61.3 cm³/mol. The van der Waals surface area contributed by atoms with Crippen molar-refractivity contribution in [3.63, 3.8) is 0 Å². The largest absolute Gasteiger partial charge is 0.504 e. The van der Waals surface area contributed by atoms with E-state index in [9.17, 15) is 10.2 Å². The summed E-state index contributed by atoms with van der Waals surface area (Å²) in [6.07, 6.45) is 2.41. The number of hydrogen-bond acceptors (Lipinski definition) is 5. The molecular weight excluding hydrogens is 208 g/mol. The summed E-state index contributed by atoms with van der Waals surface area (Å²) in [4.78, 5) is 0. The van der Waals surface area contributed by atoms with E-state index in [0.717, 1.165) is 12.8 Å². The standard InChI is InChI=1S/C11H18N2O3/c12-6-2-1-3-8(13)7-4-5-9(14)11(16)10(7)15/h4-5,8,14-16H,1-3,6,12-13H2/t8-/m0/s1. The van der Waals surface area contributed by atoms with E-state index in [0.29, 0.717) is 18.5 Å². The molecule has 0 fully saturated rings. The van der Waals surface area contributed by atoms with Gasteiger partial charge in [-0.25, -0.2) is 0 Å². The number of hydrogen-bond donors (Lipinski definition) is 5. The highest BCUT2D eigenvalue weighted by molar-refractivity contribution is 5.53. The topological polar surface area (TPSA) is 113 Å². The first-order valence-corrected chi connectivity index (χ1v) is 5.27. The minimum atomic E-state index is -0.522. The van der Waals surface area contributed by atoms with E-state index >= 15 is 0 Å². The van der Waals surface area contributed by atoms with E-state index in [4.69, 9.17) is 16.6 Å². The summed E-state index contributed by atoms with van der Waals surface area (Å²) < 4.78 is 0. The molecule has 1 rings (SSSR count). The summed E-state index contributed by atoms with van der Waals surface area (Å²) in [6, 6.07) is 2.46. The van der Waals surface area contributed by atoms with Gasteiger partial charge in [0.05, 0.1) is 0 Å². The van der Waals surface area contributed by atoms with Crippen molar-refractivity contribution in [1.29, 1.82) is 0 Å². The maximum absolute atomic E-state index is 9.59. The van der Waals surface area contributed by atoms with E-state index in [1.807, 2.05) is 0 Å². The molecule has 0 spiro atoms. The second kappa shape index (κ2) is 5.58. The van der Waals surface area contributed by atoms with Gasteiger partial charge < -0.3 is 26.8 Å². The lowest BCUT2D eigenvalue weighted by Crippen LogP contribution is -2.11. The molecule has 0 unspecified atom stereocenters. The van der Waals surface area contributed by atoms with Gasteiger partial charge in [0.1, 0.15) is 0 Å². The van der Waals surface area contributed by atoms with Crippen LogP contribution in [0.3, 0.4) is 0 Å². The van der Waals surface area contributed by atoms with E-state index in [-0.39, 0.29) is 17.5 Å². The van der Waals surface area contributed by atoms with Crippen molar-refractivity contribution < 1.29 is 15.3 Å². The van der Waals surface area contributed by atoms with Crippen LogP contribution in [0, 0.1) is 0 Å². The Morgan fingerprint density at radius 3 is 2.38 bits per heavy atom. The Hall–Kier alpha value is -1.46. The van der Waals surface area contributed by atoms with Gasteiger partial charge in [-0.15, -0.1) is 0 Å². The van der Waals surface area contributed by atoms with Crippen LogP contribution in [0.5, 0.6) is 17.2 Å². The van der Waals surface area contributed by atoms with Crippen LogP contribution in [-0.2, 0) is 0 Å². The van der Waals surface area contributed by atoms with Crippen LogP contribution in [0.4, 0.5) is 0 Å². The van der Waals surface area contributed by atoms with Crippen LogP contribution in [0.25, 0.3) is 0 Å². The van der Waals surface area contributed by atoms with Gasteiger partial charge in [-0.1, -0.05) is 6.42 Å². The van der Waals surface area contributed by atoms with Gasteiger partial charge >= 0.3 is 0 Å². The Bertz CT molecular complexity index is 355. The van der Waals surface area contributed by atoms with Crippen LogP contribution in [-0.4, -0.2) is 21.9 Å². The minimum absolute atomic E-state index is 0.347. The first-order chi connectivity index (χ1) is 7.57. The van der Waals surface area contributed by atoms with Crippen molar-refractivity contribution in [2.75, 3.05) is 6.54 Å². The molecule has 5 nitrogen and oxygen atoms in total. The SMILES string of the molecule is NCCCC[C@H](N)c1ccc(O)c(O)c1O. The van der Waals surface area contributed by atoms with Crippen LogP contribution < -0.4 is 11.5 Å². The van der Waals surface area contributed by atoms with E-state index in [1.54, 1.807) is 0 Å². The average molecular weight is 226 g/mol. The average Bonchev–Trinajstić information content (AvgIpc) is 2.26. The fourth-order valence-corrected chi connectivity index (χ4v) is 1.55. The number of rotatable bonds is 5. The Kier molecular flexibility index (Phi) is 4.39. The molecule has 0 heterocycles. The summed E-state index contributed by atoms with van der Waals surface area (Å²) >= 11 is 0. The first-order valence-electron chi connectivity index (χ1n) is 5.27. The fourth-order valence-electron chi connectivity index (χ4n) is 1.55. The zero-order valence-electron chi connectivity index (χ0n) is 9.06. The number of nitrogens with two attached hydrogens (primary N) is 2. The minimum Gasteiger partial charge on any atom is -0.504 e. The zero-order valence-corrected chi connectivity index (χ0v) is 9.06. The van der Waals surface area contributed by atoms with E-state index < -0.39 is 5.75 Å². The molecule has 0 saturated heterocycles. The molecular formula is C11H18N2O3. The maximum atomic E-state index is 9.59. The second-order valence-corrected chi connectivity index (χ2v) is 3.76. The van der Waals surface area contributed by atoms with Crippen LogP contribution in [0.2, 0.25) is 0 Å². The third-order valence-corrected chi connectivity index (χ3v) is 2.53. The summed E-state index contributed by atoms with van der Waals surface area (Å²) in [5.74, 6) is -1.22. The molecule has 0 radical (unpaired) electrons. The van der Waals surface area contributed by atoms with Crippen LogP contribution in [0.15, 0.2) is 12.1 Å². The van der Waals surface area contributed by atoms with Gasteiger partial charge in [-0.2, -0.15) is 0 Å². The Balaban J connectivity index is 2.76. The smallest absolute Gasteiger partial charge is 0.200 e. The molecule has 0 saturated carbocycles. The van der Waals surface area contributed by atoms with Gasteiger partial charge in [0.15, 0.2) is 11.5 Å². The van der Waals surface area contributed by atoms with E-state index in [2.05, 4.69) is 0 Å². The molecule has 7 N–H and O–H groups in total. The van der Waals surface area contributed by atoms with Crippen molar-refractivity contribution >= 4 is 0 Å². The molecule has 0 aliphatic carbocycles. The monoisotopic (exact) mass is 226 g/mol. The quantitative estimate of drug-likeness (QED) is 0.378. The maximum Gasteiger partial charge on any atom is 0.200 e. The molecule has 1 aromatic rings. The molecule has 0 amide bonds. The Morgan fingerprint density at radius 1 is 1.06 bits per heavy atom. The third-order valence-electron chi connectivity index (χ3n) is 2.53. The second-order valence-electron chi connectivity index (χ2n) is 3.76. The molecule has 0 aliphatic rings. The first kappa shape index (κ1) is 12.6. The normalized spacial score (nSPS) is 12.6.